The minimum Gasteiger partial charge on any atom is -0.353 e. The highest BCUT2D eigenvalue weighted by atomic mass is 35.5. The van der Waals surface area contributed by atoms with Crippen molar-refractivity contribution >= 4 is 17.5 Å². The molecule has 0 spiro atoms. The van der Waals surface area contributed by atoms with Crippen LogP contribution in [0.15, 0.2) is 42.7 Å². The first-order valence-electron chi connectivity index (χ1n) is 8.75. The average Bonchev–Trinajstić information content (AvgIpc) is 2.88. The van der Waals surface area contributed by atoms with E-state index in [-0.39, 0.29) is 0 Å². The molecular weight excluding hydrogens is 322 g/mol. The molecule has 3 rings (SSSR count). The quantitative estimate of drug-likeness (QED) is 0.614. The van der Waals surface area contributed by atoms with Gasteiger partial charge in [0.1, 0.15) is 12.7 Å². The molecule has 1 aliphatic rings. The van der Waals surface area contributed by atoms with Gasteiger partial charge in [0, 0.05) is 16.7 Å². The maximum atomic E-state index is 11.5. The molecule has 0 aliphatic carbocycles. The van der Waals surface area contributed by atoms with E-state index in [9.17, 15) is 5.11 Å². The predicted molar refractivity (Wildman–Crippen MR) is 95.9 cm³/mol. The zero-order valence-electron chi connectivity index (χ0n) is 14.2. The van der Waals surface area contributed by atoms with Gasteiger partial charge < -0.3 is 5.11 Å². The van der Waals surface area contributed by atoms with E-state index < -0.39 is 5.72 Å². The first kappa shape index (κ1) is 17.2. The summed E-state index contributed by atoms with van der Waals surface area (Å²) in [5.41, 5.74) is -0.220. The average molecular weight is 347 g/mol. The van der Waals surface area contributed by atoms with E-state index in [2.05, 4.69) is 11.9 Å². The molecule has 1 unspecified atom stereocenters. The summed E-state index contributed by atoms with van der Waals surface area (Å²) in [6.45, 7) is 3.49. The molecule has 1 aromatic heterocycles. The fourth-order valence-corrected chi connectivity index (χ4v) is 3.48. The molecule has 128 valence electrons. The minimum absolute atomic E-state index is 0.479. The summed E-state index contributed by atoms with van der Waals surface area (Å²) in [6.07, 6.45) is 9.72. The summed E-state index contributed by atoms with van der Waals surface area (Å²) in [7, 11) is 0. The van der Waals surface area contributed by atoms with Gasteiger partial charge in [-0.15, -0.1) is 0 Å². The molecule has 2 heterocycles. The van der Waals surface area contributed by atoms with Crippen molar-refractivity contribution in [3.05, 3.63) is 53.3 Å². The van der Waals surface area contributed by atoms with Crippen molar-refractivity contribution in [2.75, 3.05) is 11.4 Å². The monoisotopic (exact) mass is 346 g/mol. The van der Waals surface area contributed by atoms with Gasteiger partial charge in [-0.1, -0.05) is 61.3 Å². The molecule has 0 bridgehead atoms. The third-order valence-corrected chi connectivity index (χ3v) is 4.92. The maximum absolute atomic E-state index is 11.5. The second-order valence-corrected chi connectivity index (χ2v) is 6.87. The number of unbranched alkanes of at least 4 members (excludes halogenated alkanes) is 4. The fourth-order valence-electron chi connectivity index (χ4n) is 3.35. The molecule has 0 radical (unpaired) electrons. The fraction of sp³-hybridized carbons (Fsp3) is 0.474. The molecule has 0 saturated carbocycles. The number of fused-ring (bicyclic) bond motifs is 1. The summed E-state index contributed by atoms with van der Waals surface area (Å²) in [4.78, 5) is 6.53. The second kappa shape index (κ2) is 7.49. The Kier molecular flexibility index (Phi) is 5.36. The highest BCUT2D eigenvalue weighted by Gasteiger charge is 2.50. The van der Waals surface area contributed by atoms with Gasteiger partial charge in [-0.25, -0.2) is 9.47 Å². The van der Waals surface area contributed by atoms with Gasteiger partial charge in [0.25, 0.3) is 0 Å². The van der Waals surface area contributed by atoms with E-state index in [0.29, 0.717) is 11.6 Å². The third kappa shape index (κ3) is 3.40. The number of aromatic nitrogens is 2. The van der Waals surface area contributed by atoms with E-state index in [1.807, 2.05) is 46.0 Å². The number of halogens is 1. The third-order valence-electron chi connectivity index (χ3n) is 4.67. The van der Waals surface area contributed by atoms with Crippen molar-refractivity contribution in [3.8, 4) is 0 Å². The van der Waals surface area contributed by atoms with Gasteiger partial charge >= 0.3 is 5.95 Å². The zero-order chi connectivity index (χ0) is 17.0. The van der Waals surface area contributed by atoms with Gasteiger partial charge in [0.15, 0.2) is 0 Å². The smallest absolute Gasteiger partial charge is 0.353 e. The molecule has 1 aromatic carbocycles. The highest BCUT2D eigenvalue weighted by molar-refractivity contribution is 6.30. The number of hydrogen-bond donors (Lipinski definition) is 1. The molecule has 1 aliphatic heterocycles. The van der Waals surface area contributed by atoms with Crippen LogP contribution >= 0.6 is 11.6 Å². The lowest BCUT2D eigenvalue weighted by Crippen LogP contribution is -2.46. The van der Waals surface area contributed by atoms with Crippen LogP contribution in [0.4, 0.5) is 5.95 Å². The Morgan fingerprint density at radius 2 is 1.96 bits per heavy atom. The van der Waals surface area contributed by atoms with Crippen molar-refractivity contribution in [2.24, 2.45) is 0 Å². The largest absolute Gasteiger partial charge is 0.396 e. The Labute approximate surface area is 148 Å². The van der Waals surface area contributed by atoms with Crippen molar-refractivity contribution in [1.29, 1.82) is 0 Å². The van der Waals surface area contributed by atoms with Crippen molar-refractivity contribution in [1.82, 2.24) is 4.98 Å². The predicted octanol–water partition coefficient (Wildman–Crippen LogP) is 3.66. The Balaban J connectivity index is 1.83. The van der Waals surface area contributed by atoms with Crippen LogP contribution in [0.25, 0.3) is 0 Å². The van der Waals surface area contributed by atoms with Crippen LogP contribution in [0.3, 0.4) is 0 Å². The van der Waals surface area contributed by atoms with Crippen molar-refractivity contribution in [3.63, 3.8) is 0 Å². The number of rotatable bonds is 7. The Hall–Kier alpha value is -1.65. The molecule has 0 saturated heterocycles. The lowest BCUT2D eigenvalue weighted by Gasteiger charge is -2.28. The number of aliphatic hydroxyl groups is 1. The Bertz CT molecular complexity index is 677. The van der Waals surface area contributed by atoms with Crippen molar-refractivity contribution in [2.45, 2.75) is 51.3 Å². The Morgan fingerprint density at radius 3 is 2.71 bits per heavy atom. The van der Waals surface area contributed by atoms with Crippen LogP contribution in [-0.4, -0.2) is 16.6 Å². The molecular formula is C19H25ClN3O+. The molecule has 1 N–H and O–H groups in total. The molecule has 5 heteroatoms. The summed E-state index contributed by atoms with van der Waals surface area (Å²) in [6, 6.07) is 9.36. The standard InChI is InChI=1S/C19H25ClN3O/c1-2-3-4-5-6-14-23-18-21-12-7-13-22(18)15-19(23,24)16-8-10-17(20)11-9-16/h7-13,24H,2-6,14-15H2,1H3/q+1. The van der Waals surface area contributed by atoms with Gasteiger partial charge in [0.2, 0.25) is 5.72 Å². The number of anilines is 1. The minimum atomic E-state index is -1.07. The van der Waals surface area contributed by atoms with E-state index in [1.54, 1.807) is 6.20 Å². The van der Waals surface area contributed by atoms with E-state index in [1.165, 1.54) is 25.7 Å². The molecule has 2 aromatic rings. The van der Waals surface area contributed by atoms with E-state index in [4.69, 9.17) is 11.6 Å². The highest BCUT2D eigenvalue weighted by Crippen LogP contribution is 2.34. The van der Waals surface area contributed by atoms with Crippen LogP contribution in [0.2, 0.25) is 5.02 Å². The van der Waals surface area contributed by atoms with Crippen LogP contribution in [-0.2, 0) is 12.3 Å². The summed E-state index contributed by atoms with van der Waals surface area (Å²) in [5, 5.41) is 12.1. The summed E-state index contributed by atoms with van der Waals surface area (Å²) < 4.78 is 2.01. The number of nitrogens with zero attached hydrogens (tertiary/aromatic N) is 3. The van der Waals surface area contributed by atoms with Gasteiger partial charge in [-0.3, -0.25) is 0 Å². The maximum Gasteiger partial charge on any atom is 0.396 e. The van der Waals surface area contributed by atoms with Gasteiger partial charge in [0.05, 0.1) is 12.7 Å². The van der Waals surface area contributed by atoms with E-state index in [0.717, 1.165) is 24.5 Å². The molecule has 0 amide bonds. The molecule has 1 atom stereocenters. The zero-order valence-corrected chi connectivity index (χ0v) is 14.9. The van der Waals surface area contributed by atoms with Crippen molar-refractivity contribution < 1.29 is 9.67 Å². The van der Waals surface area contributed by atoms with Crippen LogP contribution < -0.4 is 9.47 Å². The normalized spacial score (nSPS) is 19.5. The summed E-state index contributed by atoms with van der Waals surface area (Å²) >= 11 is 6.01. The molecule has 4 nitrogen and oxygen atoms in total. The lowest BCUT2D eigenvalue weighted by atomic mass is 10.0. The number of hydrogen-bond acceptors (Lipinski definition) is 3. The molecule has 24 heavy (non-hydrogen) atoms. The Morgan fingerprint density at radius 1 is 1.21 bits per heavy atom. The van der Waals surface area contributed by atoms with Gasteiger partial charge in [-0.2, -0.15) is 0 Å². The topological polar surface area (TPSA) is 40.2 Å². The molecule has 0 fully saturated rings. The van der Waals surface area contributed by atoms with Gasteiger partial charge in [-0.05, 0) is 18.6 Å². The van der Waals surface area contributed by atoms with E-state index >= 15 is 0 Å². The van der Waals surface area contributed by atoms with Crippen LogP contribution in [0, 0.1) is 0 Å². The second-order valence-electron chi connectivity index (χ2n) is 6.44. The SMILES string of the molecule is CCCCCCCN1c2nccc[n+]2CC1(O)c1ccc(Cl)cc1. The first-order valence-corrected chi connectivity index (χ1v) is 9.13. The van der Waals surface area contributed by atoms with Crippen LogP contribution in [0.5, 0.6) is 0 Å². The first-order chi connectivity index (χ1) is 11.6. The van der Waals surface area contributed by atoms with Crippen LogP contribution in [0.1, 0.15) is 44.6 Å². The lowest BCUT2D eigenvalue weighted by molar-refractivity contribution is -0.685. The summed E-state index contributed by atoms with van der Waals surface area (Å²) in [5.74, 6) is 0.824. The number of benzene rings is 1.